The molecule has 1 aromatic heterocycles. The molecule has 0 aliphatic carbocycles. The summed E-state index contributed by atoms with van der Waals surface area (Å²) in [5, 5.41) is 1.71. The summed E-state index contributed by atoms with van der Waals surface area (Å²) in [6.45, 7) is 0. The van der Waals surface area contributed by atoms with E-state index in [-0.39, 0.29) is 5.78 Å². The van der Waals surface area contributed by atoms with Gasteiger partial charge in [0.2, 0.25) is 5.78 Å². The molecule has 0 aliphatic rings. The van der Waals surface area contributed by atoms with E-state index in [0.717, 1.165) is 0 Å². The Morgan fingerprint density at radius 2 is 2.12 bits per heavy atom. The van der Waals surface area contributed by atoms with E-state index in [1.54, 1.807) is 36.2 Å². The second-order valence-corrected chi connectivity index (χ2v) is 3.99. The molecular weight excluding hydrogens is 238 g/mol. The van der Waals surface area contributed by atoms with Gasteiger partial charge in [0.25, 0.3) is 0 Å². The fourth-order valence-electron chi connectivity index (χ4n) is 1.45. The quantitative estimate of drug-likeness (QED) is 0.781. The van der Waals surface area contributed by atoms with Crippen molar-refractivity contribution in [3.63, 3.8) is 0 Å². The molecule has 2 aromatic rings. The first-order valence-electron chi connectivity index (χ1n) is 4.91. The number of ether oxygens (including phenoxy) is 2. The third kappa shape index (κ3) is 2.29. The highest BCUT2D eigenvalue weighted by Crippen LogP contribution is 2.26. The van der Waals surface area contributed by atoms with Gasteiger partial charge in [-0.05, 0) is 12.1 Å². The van der Waals surface area contributed by atoms with E-state index in [9.17, 15) is 4.79 Å². The number of aromatic nitrogens is 1. The molecule has 0 saturated carbocycles. The predicted molar refractivity (Wildman–Crippen MR) is 65.1 cm³/mol. The van der Waals surface area contributed by atoms with Crippen LogP contribution in [0.5, 0.6) is 11.5 Å². The van der Waals surface area contributed by atoms with Gasteiger partial charge in [0.1, 0.15) is 17.2 Å². The number of ketones is 1. The van der Waals surface area contributed by atoms with Gasteiger partial charge in [-0.15, -0.1) is 11.3 Å². The lowest BCUT2D eigenvalue weighted by molar-refractivity contribution is 0.103. The maximum atomic E-state index is 12.1. The zero-order valence-electron chi connectivity index (χ0n) is 9.47. The third-order valence-electron chi connectivity index (χ3n) is 2.32. The van der Waals surface area contributed by atoms with Gasteiger partial charge in [-0.1, -0.05) is 0 Å². The summed E-state index contributed by atoms with van der Waals surface area (Å²) in [6, 6.07) is 5.08. The Morgan fingerprint density at radius 3 is 2.71 bits per heavy atom. The lowest BCUT2D eigenvalue weighted by atomic mass is 10.1. The monoisotopic (exact) mass is 249 g/mol. The summed E-state index contributed by atoms with van der Waals surface area (Å²) in [5.41, 5.74) is 2.54. The van der Waals surface area contributed by atoms with Crippen LogP contribution in [0, 0.1) is 0 Å². The number of rotatable bonds is 4. The fraction of sp³-hybridized carbons (Fsp3) is 0.167. The minimum atomic E-state index is -0.147. The number of thiazole rings is 1. The van der Waals surface area contributed by atoms with Crippen molar-refractivity contribution in [2.45, 2.75) is 0 Å². The molecule has 0 unspecified atom stereocenters. The molecular formula is C12H11NO3S. The van der Waals surface area contributed by atoms with Crippen LogP contribution in [-0.2, 0) is 0 Å². The van der Waals surface area contributed by atoms with Crippen LogP contribution in [0.1, 0.15) is 16.1 Å². The summed E-state index contributed by atoms with van der Waals surface area (Å²) < 4.78 is 10.3. The van der Waals surface area contributed by atoms with Gasteiger partial charge in [-0.25, -0.2) is 4.98 Å². The van der Waals surface area contributed by atoms with Gasteiger partial charge in [0, 0.05) is 11.4 Å². The van der Waals surface area contributed by atoms with Crippen molar-refractivity contribution in [2.75, 3.05) is 14.2 Å². The van der Waals surface area contributed by atoms with Gasteiger partial charge in [0.15, 0.2) is 0 Å². The summed E-state index contributed by atoms with van der Waals surface area (Å²) in [7, 11) is 3.09. The van der Waals surface area contributed by atoms with Gasteiger partial charge >= 0.3 is 0 Å². The largest absolute Gasteiger partial charge is 0.497 e. The molecule has 0 atom stereocenters. The predicted octanol–water partition coefficient (Wildman–Crippen LogP) is 2.39. The molecule has 0 saturated heterocycles. The van der Waals surface area contributed by atoms with Crippen LogP contribution in [0.2, 0.25) is 0 Å². The first-order valence-corrected chi connectivity index (χ1v) is 5.85. The van der Waals surface area contributed by atoms with E-state index >= 15 is 0 Å². The molecule has 4 nitrogen and oxygen atoms in total. The average Bonchev–Trinajstić information content (AvgIpc) is 2.91. The SMILES string of the molecule is COc1ccc(C(=O)c2cscn2)c(OC)c1. The Balaban J connectivity index is 2.41. The molecule has 88 valence electrons. The fourth-order valence-corrected chi connectivity index (χ4v) is 1.98. The van der Waals surface area contributed by atoms with Gasteiger partial charge in [-0.2, -0.15) is 0 Å². The van der Waals surface area contributed by atoms with E-state index in [1.807, 2.05) is 0 Å². The first kappa shape index (κ1) is 11.6. The Bertz CT molecular complexity index is 523. The lowest BCUT2D eigenvalue weighted by Gasteiger charge is -2.08. The second kappa shape index (κ2) is 4.97. The van der Waals surface area contributed by atoms with Crippen molar-refractivity contribution in [3.05, 3.63) is 40.3 Å². The molecule has 1 heterocycles. The van der Waals surface area contributed by atoms with Crippen LogP contribution >= 0.6 is 11.3 Å². The summed E-state index contributed by atoms with van der Waals surface area (Å²) in [4.78, 5) is 16.1. The van der Waals surface area contributed by atoms with Gasteiger partial charge < -0.3 is 9.47 Å². The minimum absolute atomic E-state index is 0.147. The molecule has 0 radical (unpaired) electrons. The van der Waals surface area contributed by atoms with Crippen molar-refractivity contribution in [3.8, 4) is 11.5 Å². The van der Waals surface area contributed by atoms with Crippen LogP contribution in [0.25, 0.3) is 0 Å². The van der Waals surface area contributed by atoms with Gasteiger partial charge in [0.05, 0.1) is 25.3 Å². The second-order valence-electron chi connectivity index (χ2n) is 3.27. The molecule has 5 heteroatoms. The smallest absolute Gasteiger partial charge is 0.215 e. The highest BCUT2D eigenvalue weighted by atomic mass is 32.1. The summed E-state index contributed by atoms with van der Waals surface area (Å²) in [6.07, 6.45) is 0. The Kier molecular flexibility index (Phi) is 3.39. The molecule has 1 aromatic carbocycles. The first-order chi connectivity index (χ1) is 8.26. The standard InChI is InChI=1S/C12H11NO3S/c1-15-8-3-4-9(11(5-8)16-2)12(14)10-6-17-7-13-10/h3-7H,1-2H3. The number of carbonyl (C=O) groups is 1. The maximum Gasteiger partial charge on any atom is 0.215 e. The number of hydrogen-bond donors (Lipinski definition) is 0. The Morgan fingerprint density at radius 1 is 1.29 bits per heavy atom. The summed E-state index contributed by atoms with van der Waals surface area (Å²) >= 11 is 1.39. The topological polar surface area (TPSA) is 48.4 Å². The number of nitrogens with zero attached hydrogens (tertiary/aromatic N) is 1. The zero-order chi connectivity index (χ0) is 12.3. The number of hydrogen-bond acceptors (Lipinski definition) is 5. The van der Waals surface area contributed by atoms with Crippen LogP contribution in [0.3, 0.4) is 0 Å². The molecule has 0 N–H and O–H groups in total. The molecule has 2 rings (SSSR count). The Hall–Kier alpha value is -1.88. The van der Waals surface area contributed by atoms with Crippen LogP contribution in [0.15, 0.2) is 29.1 Å². The molecule has 0 bridgehead atoms. The van der Waals surface area contributed by atoms with Crippen molar-refractivity contribution < 1.29 is 14.3 Å². The zero-order valence-corrected chi connectivity index (χ0v) is 10.3. The number of carbonyl (C=O) groups excluding carboxylic acids is 1. The van der Waals surface area contributed by atoms with Crippen LogP contribution in [0.4, 0.5) is 0 Å². The van der Waals surface area contributed by atoms with E-state index in [4.69, 9.17) is 9.47 Å². The van der Waals surface area contributed by atoms with E-state index in [0.29, 0.717) is 22.8 Å². The van der Waals surface area contributed by atoms with E-state index in [1.165, 1.54) is 18.4 Å². The molecule has 0 fully saturated rings. The third-order valence-corrected chi connectivity index (χ3v) is 2.90. The van der Waals surface area contributed by atoms with Crippen molar-refractivity contribution in [1.29, 1.82) is 0 Å². The molecule has 0 amide bonds. The minimum Gasteiger partial charge on any atom is -0.497 e. The van der Waals surface area contributed by atoms with Gasteiger partial charge in [-0.3, -0.25) is 4.79 Å². The van der Waals surface area contributed by atoms with Crippen molar-refractivity contribution >= 4 is 17.1 Å². The maximum absolute atomic E-state index is 12.1. The highest BCUT2D eigenvalue weighted by molar-refractivity contribution is 7.07. The number of benzene rings is 1. The Labute approximate surface area is 103 Å². The van der Waals surface area contributed by atoms with Crippen molar-refractivity contribution in [2.24, 2.45) is 0 Å². The van der Waals surface area contributed by atoms with E-state index in [2.05, 4.69) is 4.98 Å². The lowest BCUT2D eigenvalue weighted by Crippen LogP contribution is -2.04. The summed E-state index contributed by atoms with van der Waals surface area (Å²) in [5.74, 6) is 0.991. The van der Waals surface area contributed by atoms with Crippen LogP contribution in [-0.4, -0.2) is 25.0 Å². The molecule has 17 heavy (non-hydrogen) atoms. The molecule has 0 spiro atoms. The van der Waals surface area contributed by atoms with E-state index < -0.39 is 0 Å². The molecule has 0 aliphatic heterocycles. The highest BCUT2D eigenvalue weighted by Gasteiger charge is 2.16. The number of methoxy groups -OCH3 is 2. The average molecular weight is 249 g/mol. The van der Waals surface area contributed by atoms with Crippen LogP contribution < -0.4 is 9.47 Å². The normalized spacial score (nSPS) is 10.0. The van der Waals surface area contributed by atoms with Crippen molar-refractivity contribution in [1.82, 2.24) is 4.98 Å².